The van der Waals surface area contributed by atoms with Gasteiger partial charge in [0.15, 0.2) is 0 Å². The predicted octanol–water partition coefficient (Wildman–Crippen LogP) is 5.22. The molecule has 2 aliphatic rings. The number of hydrogen-bond acceptors (Lipinski definition) is 2. The molecule has 0 N–H and O–H groups in total. The molecule has 1 saturated heterocycles. The van der Waals surface area contributed by atoms with Crippen molar-refractivity contribution in [2.45, 2.75) is 70.6 Å². The van der Waals surface area contributed by atoms with Crippen LogP contribution < -0.4 is 4.90 Å². The van der Waals surface area contributed by atoms with E-state index in [-0.39, 0.29) is 17.1 Å². The fourth-order valence-corrected chi connectivity index (χ4v) is 4.88. The molecule has 0 bridgehead atoms. The minimum atomic E-state index is -0.200. The Kier molecular flexibility index (Phi) is 6.33. The SMILES string of the molecule is CCCC1(CCCCC2CCCOC2)CN(C(C)=O)c2ccc(F)cc21. The quantitative estimate of drug-likeness (QED) is 0.623. The normalized spacial score (nSPS) is 25.3. The topological polar surface area (TPSA) is 29.5 Å². The second kappa shape index (κ2) is 8.51. The third-order valence-corrected chi connectivity index (χ3v) is 6.16. The lowest BCUT2D eigenvalue weighted by Gasteiger charge is -2.31. The van der Waals surface area contributed by atoms with Crippen molar-refractivity contribution in [1.82, 2.24) is 0 Å². The summed E-state index contributed by atoms with van der Waals surface area (Å²) in [6, 6.07) is 4.92. The molecule has 2 atom stereocenters. The van der Waals surface area contributed by atoms with E-state index in [9.17, 15) is 9.18 Å². The zero-order valence-corrected chi connectivity index (χ0v) is 16.2. The number of rotatable bonds is 7. The van der Waals surface area contributed by atoms with Crippen LogP contribution in [0.1, 0.15) is 70.8 Å². The molecule has 0 aliphatic carbocycles. The van der Waals surface area contributed by atoms with E-state index in [0.29, 0.717) is 12.5 Å². The average molecular weight is 362 g/mol. The van der Waals surface area contributed by atoms with Crippen molar-refractivity contribution in [2.24, 2.45) is 5.92 Å². The number of unbranched alkanes of at least 4 members (excludes halogenated alkanes) is 1. The molecule has 1 aromatic carbocycles. The maximum Gasteiger partial charge on any atom is 0.223 e. The number of nitrogens with zero attached hydrogens (tertiary/aromatic N) is 1. The number of hydrogen-bond donors (Lipinski definition) is 0. The fourth-order valence-electron chi connectivity index (χ4n) is 4.88. The molecule has 1 fully saturated rings. The summed E-state index contributed by atoms with van der Waals surface area (Å²) in [5.74, 6) is 0.553. The number of fused-ring (bicyclic) bond motifs is 1. The first-order valence-electron chi connectivity index (χ1n) is 10.2. The van der Waals surface area contributed by atoms with Crippen LogP contribution in [0.5, 0.6) is 0 Å². The van der Waals surface area contributed by atoms with E-state index in [1.54, 1.807) is 19.1 Å². The van der Waals surface area contributed by atoms with Crippen LogP contribution in [-0.2, 0) is 14.9 Å². The first-order chi connectivity index (χ1) is 12.6. The van der Waals surface area contributed by atoms with Gasteiger partial charge in [-0.1, -0.05) is 26.2 Å². The second-order valence-electron chi connectivity index (χ2n) is 8.13. The maximum atomic E-state index is 14.0. The average Bonchev–Trinajstić information content (AvgIpc) is 2.94. The van der Waals surface area contributed by atoms with E-state index in [2.05, 4.69) is 6.92 Å². The van der Waals surface area contributed by atoms with Crippen molar-refractivity contribution in [3.05, 3.63) is 29.6 Å². The Labute approximate surface area is 156 Å². The van der Waals surface area contributed by atoms with Gasteiger partial charge in [0.25, 0.3) is 0 Å². The zero-order chi connectivity index (χ0) is 18.6. The van der Waals surface area contributed by atoms with Crippen LogP contribution in [-0.4, -0.2) is 25.7 Å². The largest absolute Gasteiger partial charge is 0.381 e. The van der Waals surface area contributed by atoms with E-state index >= 15 is 0 Å². The fraction of sp³-hybridized carbons (Fsp3) is 0.682. The number of amides is 1. The molecule has 0 radical (unpaired) electrons. The van der Waals surface area contributed by atoms with Gasteiger partial charge in [-0.3, -0.25) is 4.79 Å². The maximum absolute atomic E-state index is 14.0. The second-order valence-corrected chi connectivity index (χ2v) is 8.13. The van der Waals surface area contributed by atoms with E-state index in [1.165, 1.54) is 31.7 Å². The standard InChI is InChI=1S/C22H32FNO2/c1-3-11-22(12-5-4-7-18-8-6-13-26-15-18)16-24(17(2)25)21-10-9-19(23)14-20(21)22/h9-10,14,18H,3-8,11-13,15-16H2,1-2H3. The first-order valence-corrected chi connectivity index (χ1v) is 10.2. The van der Waals surface area contributed by atoms with E-state index in [0.717, 1.165) is 50.1 Å². The molecule has 2 heterocycles. The van der Waals surface area contributed by atoms with Gasteiger partial charge in [0.05, 0.1) is 0 Å². The van der Waals surface area contributed by atoms with Gasteiger partial charge < -0.3 is 9.64 Å². The van der Waals surface area contributed by atoms with Crippen LogP contribution in [0, 0.1) is 11.7 Å². The molecule has 2 unspecified atom stereocenters. The molecule has 4 heteroatoms. The van der Waals surface area contributed by atoms with Gasteiger partial charge in [-0.25, -0.2) is 4.39 Å². The number of carbonyl (C=O) groups is 1. The molecule has 0 spiro atoms. The van der Waals surface area contributed by atoms with Crippen molar-refractivity contribution in [3.63, 3.8) is 0 Å². The number of benzene rings is 1. The highest BCUT2D eigenvalue weighted by Crippen LogP contribution is 2.47. The number of anilines is 1. The van der Waals surface area contributed by atoms with E-state index < -0.39 is 0 Å². The molecule has 144 valence electrons. The third kappa shape index (κ3) is 4.11. The van der Waals surface area contributed by atoms with Gasteiger partial charge in [0, 0.05) is 37.8 Å². The summed E-state index contributed by atoms with van der Waals surface area (Å²) in [7, 11) is 0. The van der Waals surface area contributed by atoms with Crippen LogP contribution >= 0.6 is 0 Å². The highest BCUT2D eigenvalue weighted by Gasteiger charge is 2.43. The molecular weight excluding hydrogens is 329 g/mol. The van der Waals surface area contributed by atoms with Crippen LogP contribution in [0.25, 0.3) is 0 Å². The summed E-state index contributed by atoms with van der Waals surface area (Å²) in [4.78, 5) is 14.0. The van der Waals surface area contributed by atoms with Crippen molar-refractivity contribution in [3.8, 4) is 0 Å². The molecule has 0 aromatic heterocycles. The van der Waals surface area contributed by atoms with E-state index in [4.69, 9.17) is 4.74 Å². The summed E-state index contributed by atoms with van der Waals surface area (Å²) in [5, 5.41) is 0. The summed E-state index contributed by atoms with van der Waals surface area (Å²) >= 11 is 0. The molecular formula is C22H32FNO2. The van der Waals surface area contributed by atoms with Gasteiger partial charge in [0.2, 0.25) is 5.91 Å². The predicted molar refractivity (Wildman–Crippen MR) is 103 cm³/mol. The lowest BCUT2D eigenvalue weighted by Crippen LogP contribution is -2.36. The van der Waals surface area contributed by atoms with Gasteiger partial charge >= 0.3 is 0 Å². The molecule has 0 saturated carbocycles. The first kappa shape index (κ1) is 19.3. The molecule has 1 amide bonds. The monoisotopic (exact) mass is 361 g/mol. The molecule has 1 aromatic rings. The van der Waals surface area contributed by atoms with Crippen LogP contribution in [0.4, 0.5) is 10.1 Å². The van der Waals surface area contributed by atoms with Gasteiger partial charge in [-0.2, -0.15) is 0 Å². The van der Waals surface area contributed by atoms with Crippen LogP contribution in [0.2, 0.25) is 0 Å². The van der Waals surface area contributed by atoms with Crippen molar-refractivity contribution in [2.75, 3.05) is 24.7 Å². The number of carbonyl (C=O) groups excluding carboxylic acids is 1. The minimum absolute atomic E-state index is 0.0511. The summed E-state index contributed by atoms with van der Waals surface area (Å²) < 4.78 is 19.6. The Balaban J connectivity index is 1.70. The van der Waals surface area contributed by atoms with Gasteiger partial charge in [0.1, 0.15) is 5.82 Å². The Morgan fingerprint density at radius 1 is 1.35 bits per heavy atom. The van der Waals surface area contributed by atoms with Crippen molar-refractivity contribution < 1.29 is 13.9 Å². The molecule has 2 aliphatic heterocycles. The minimum Gasteiger partial charge on any atom is -0.381 e. The third-order valence-electron chi connectivity index (χ3n) is 6.16. The molecule has 26 heavy (non-hydrogen) atoms. The smallest absolute Gasteiger partial charge is 0.223 e. The van der Waals surface area contributed by atoms with Crippen LogP contribution in [0.3, 0.4) is 0 Å². The highest BCUT2D eigenvalue weighted by molar-refractivity contribution is 5.94. The molecule has 3 nitrogen and oxygen atoms in total. The van der Waals surface area contributed by atoms with Crippen molar-refractivity contribution >= 4 is 11.6 Å². The lowest BCUT2D eigenvalue weighted by atomic mass is 9.74. The van der Waals surface area contributed by atoms with Gasteiger partial charge in [-0.05, 0) is 61.8 Å². The summed E-state index contributed by atoms with van der Waals surface area (Å²) in [6.07, 6.45) is 9.06. The Morgan fingerprint density at radius 2 is 2.19 bits per heavy atom. The zero-order valence-electron chi connectivity index (χ0n) is 16.2. The van der Waals surface area contributed by atoms with Crippen LogP contribution in [0.15, 0.2) is 18.2 Å². The Hall–Kier alpha value is -1.42. The summed E-state index contributed by atoms with van der Waals surface area (Å²) in [6.45, 7) is 6.31. The Bertz CT molecular complexity index is 627. The number of ether oxygens (including phenoxy) is 1. The van der Waals surface area contributed by atoms with E-state index in [1.807, 2.05) is 4.90 Å². The Morgan fingerprint density at radius 3 is 2.88 bits per heavy atom. The summed E-state index contributed by atoms with van der Waals surface area (Å²) in [5.41, 5.74) is 1.85. The van der Waals surface area contributed by atoms with Gasteiger partial charge in [-0.15, -0.1) is 0 Å². The lowest BCUT2D eigenvalue weighted by molar-refractivity contribution is -0.116. The number of halogens is 1. The molecule has 3 rings (SSSR count). The highest BCUT2D eigenvalue weighted by atomic mass is 19.1. The van der Waals surface area contributed by atoms with Crippen molar-refractivity contribution in [1.29, 1.82) is 0 Å².